The Hall–Kier alpha value is -2.17. The molecule has 1 aliphatic rings. The number of carbonyl (C=O) groups excluding carboxylic acids is 3. The van der Waals surface area contributed by atoms with E-state index in [1.54, 1.807) is 36.2 Å². The molecule has 0 atom stereocenters. The molecule has 0 saturated heterocycles. The second-order valence-corrected chi connectivity index (χ2v) is 6.55. The topological polar surface area (TPSA) is 57.7 Å². The maximum atomic E-state index is 12.2. The largest absolute Gasteiger partial charge is 0.344 e. The third kappa shape index (κ3) is 3.12. The Morgan fingerprint density at radius 2 is 1.57 bits per heavy atom. The van der Waals surface area contributed by atoms with Crippen LogP contribution in [0.3, 0.4) is 0 Å². The van der Waals surface area contributed by atoms with Crippen LogP contribution in [0.2, 0.25) is 0 Å². The molecule has 1 heterocycles. The molecule has 0 aliphatic carbocycles. The fraction of sp³-hybridized carbons (Fsp3) is 0.438. The molecule has 2 rings (SSSR count). The van der Waals surface area contributed by atoms with Crippen molar-refractivity contribution in [2.24, 2.45) is 5.41 Å². The van der Waals surface area contributed by atoms with Gasteiger partial charge in [0.25, 0.3) is 11.8 Å². The highest BCUT2D eigenvalue weighted by Gasteiger charge is 2.36. The molecule has 1 aromatic carbocycles. The molecular weight excluding hydrogens is 268 g/mol. The molecule has 5 nitrogen and oxygen atoms in total. The van der Waals surface area contributed by atoms with Crippen LogP contribution in [0.1, 0.15) is 41.5 Å². The van der Waals surface area contributed by atoms with Gasteiger partial charge in [-0.2, -0.15) is 0 Å². The first-order valence-electron chi connectivity index (χ1n) is 6.90. The lowest BCUT2D eigenvalue weighted by atomic mass is 9.96. The smallest absolute Gasteiger partial charge is 0.262 e. The van der Waals surface area contributed by atoms with Crippen LogP contribution in [0.4, 0.5) is 0 Å². The van der Waals surface area contributed by atoms with Gasteiger partial charge in [-0.3, -0.25) is 19.3 Å². The van der Waals surface area contributed by atoms with Gasteiger partial charge in [0.1, 0.15) is 6.54 Å². The van der Waals surface area contributed by atoms with Crippen LogP contribution in [0, 0.1) is 5.41 Å². The van der Waals surface area contributed by atoms with Crippen molar-refractivity contribution in [3.05, 3.63) is 35.4 Å². The number of carbonyl (C=O) groups is 3. The van der Waals surface area contributed by atoms with Crippen molar-refractivity contribution in [2.75, 3.05) is 20.1 Å². The van der Waals surface area contributed by atoms with Crippen molar-refractivity contribution in [2.45, 2.75) is 20.8 Å². The Kier molecular flexibility index (Phi) is 3.85. The van der Waals surface area contributed by atoms with Gasteiger partial charge in [-0.05, 0) is 17.5 Å². The zero-order valence-corrected chi connectivity index (χ0v) is 12.8. The molecule has 0 N–H and O–H groups in total. The summed E-state index contributed by atoms with van der Waals surface area (Å²) in [5, 5.41) is 0. The maximum absolute atomic E-state index is 12.2. The van der Waals surface area contributed by atoms with Crippen LogP contribution in [0.25, 0.3) is 0 Å². The van der Waals surface area contributed by atoms with Crippen molar-refractivity contribution in [1.82, 2.24) is 9.80 Å². The van der Waals surface area contributed by atoms with E-state index in [1.165, 1.54) is 0 Å². The number of fused-ring (bicyclic) bond motifs is 1. The van der Waals surface area contributed by atoms with Crippen molar-refractivity contribution in [1.29, 1.82) is 0 Å². The molecule has 112 valence electrons. The Labute approximate surface area is 124 Å². The third-order valence-electron chi connectivity index (χ3n) is 3.31. The van der Waals surface area contributed by atoms with E-state index in [4.69, 9.17) is 0 Å². The molecule has 0 bridgehead atoms. The molecular formula is C16H20N2O3. The van der Waals surface area contributed by atoms with E-state index in [9.17, 15) is 14.4 Å². The first-order valence-corrected chi connectivity index (χ1v) is 6.90. The van der Waals surface area contributed by atoms with Gasteiger partial charge in [0.2, 0.25) is 5.91 Å². The number of hydrogen-bond acceptors (Lipinski definition) is 3. The number of benzene rings is 1. The Morgan fingerprint density at radius 3 is 2.00 bits per heavy atom. The molecule has 3 amide bonds. The SMILES string of the molecule is CN(CC(C)(C)C)C(=O)CN1C(=O)c2ccccc2C1=O. The molecule has 0 spiro atoms. The summed E-state index contributed by atoms with van der Waals surface area (Å²) in [6.07, 6.45) is 0. The van der Waals surface area contributed by atoms with E-state index in [1.807, 2.05) is 20.8 Å². The van der Waals surface area contributed by atoms with Crippen molar-refractivity contribution in [3.8, 4) is 0 Å². The van der Waals surface area contributed by atoms with Gasteiger partial charge in [-0.15, -0.1) is 0 Å². The summed E-state index contributed by atoms with van der Waals surface area (Å²) in [7, 11) is 1.69. The Bertz CT molecular complexity index is 567. The van der Waals surface area contributed by atoms with Gasteiger partial charge in [0.05, 0.1) is 11.1 Å². The molecule has 0 aromatic heterocycles. The van der Waals surface area contributed by atoms with E-state index in [-0.39, 0.29) is 17.9 Å². The molecule has 0 fully saturated rings. The normalized spacial score (nSPS) is 14.4. The highest BCUT2D eigenvalue weighted by Crippen LogP contribution is 2.22. The van der Waals surface area contributed by atoms with E-state index in [2.05, 4.69) is 0 Å². The Morgan fingerprint density at radius 1 is 1.10 bits per heavy atom. The zero-order chi connectivity index (χ0) is 15.8. The number of likely N-dealkylation sites (N-methyl/N-ethyl adjacent to an activating group) is 1. The fourth-order valence-corrected chi connectivity index (χ4v) is 2.44. The minimum atomic E-state index is -0.395. The fourth-order valence-electron chi connectivity index (χ4n) is 2.44. The molecule has 21 heavy (non-hydrogen) atoms. The third-order valence-corrected chi connectivity index (χ3v) is 3.31. The van der Waals surface area contributed by atoms with Crippen LogP contribution < -0.4 is 0 Å². The highest BCUT2D eigenvalue weighted by atomic mass is 16.2. The second kappa shape index (κ2) is 5.31. The number of imide groups is 1. The van der Waals surface area contributed by atoms with Crippen LogP contribution in [-0.2, 0) is 4.79 Å². The predicted molar refractivity (Wildman–Crippen MR) is 78.9 cm³/mol. The van der Waals surface area contributed by atoms with Gasteiger partial charge >= 0.3 is 0 Å². The van der Waals surface area contributed by atoms with E-state index in [0.29, 0.717) is 17.7 Å². The Balaban J connectivity index is 2.10. The summed E-state index contributed by atoms with van der Waals surface area (Å²) in [5.41, 5.74) is 0.703. The number of nitrogens with zero attached hydrogens (tertiary/aromatic N) is 2. The first kappa shape index (κ1) is 15.2. The van der Waals surface area contributed by atoms with Crippen LogP contribution in [-0.4, -0.2) is 47.7 Å². The highest BCUT2D eigenvalue weighted by molar-refractivity contribution is 6.22. The lowest BCUT2D eigenvalue weighted by Gasteiger charge is -2.27. The van der Waals surface area contributed by atoms with Gasteiger partial charge in [0, 0.05) is 13.6 Å². The van der Waals surface area contributed by atoms with Crippen LogP contribution in [0.5, 0.6) is 0 Å². The summed E-state index contributed by atoms with van der Waals surface area (Å²) >= 11 is 0. The molecule has 0 radical (unpaired) electrons. The molecule has 0 saturated carbocycles. The summed E-state index contributed by atoms with van der Waals surface area (Å²) in [6, 6.07) is 6.64. The summed E-state index contributed by atoms with van der Waals surface area (Å²) in [6.45, 7) is 6.43. The molecule has 1 aliphatic heterocycles. The summed E-state index contributed by atoms with van der Waals surface area (Å²) in [4.78, 5) is 39.1. The predicted octanol–water partition coefficient (Wildman–Crippen LogP) is 1.79. The van der Waals surface area contributed by atoms with Crippen molar-refractivity contribution in [3.63, 3.8) is 0 Å². The van der Waals surface area contributed by atoms with Gasteiger partial charge in [0.15, 0.2) is 0 Å². The van der Waals surface area contributed by atoms with Crippen LogP contribution >= 0.6 is 0 Å². The zero-order valence-electron chi connectivity index (χ0n) is 12.8. The lowest BCUT2D eigenvalue weighted by Crippen LogP contribution is -2.43. The average Bonchev–Trinajstić information content (AvgIpc) is 2.62. The summed E-state index contributed by atoms with van der Waals surface area (Å²) in [5.74, 6) is -1.03. The van der Waals surface area contributed by atoms with Gasteiger partial charge < -0.3 is 4.90 Å². The quantitative estimate of drug-likeness (QED) is 0.797. The van der Waals surface area contributed by atoms with E-state index in [0.717, 1.165) is 4.90 Å². The van der Waals surface area contributed by atoms with Crippen molar-refractivity contribution >= 4 is 17.7 Å². The standard InChI is InChI=1S/C16H20N2O3/c1-16(2,3)10-17(4)13(19)9-18-14(20)11-7-5-6-8-12(11)15(18)21/h5-8H,9-10H2,1-4H3. The second-order valence-electron chi connectivity index (χ2n) is 6.55. The van der Waals surface area contributed by atoms with E-state index < -0.39 is 11.8 Å². The average molecular weight is 288 g/mol. The molecule has 0 unspecified atom stereocenters. The number of amides is 3. The number of rotatable bonds is 3. The monoisotopic (exact) mass is 288 g/mol. The van der Waals surface area contributed by atoms with Gasteiger partial charge in [-0.1, -0.05) is 32.9 Å². The van der Waals surface area contributed by atoms with Crippen molar-refractivity contribution < 1.29 is 14.4 Å². The minimum Gasteiger partial charge on any atom is -0.344 e. The maximum Gasteiger partial charge on any atom is 0.262 e. The molecule has 1 aromatic rings. The van der Waals surface area contributed by atoms with E-state index >= 15 is 0 Å². The lowest BCUT2D eigenvalue weighted by molar-refractivity contribution is -0.131. The number of hydrogen-bond donors (Lipinski definition) is 0. The minimum absolute atomic E-state index is 0.0353. The van der Waals surface area contributed by atoms with Gasteiger partial charge in [-0.25, -0.2) is 0 Å². The molecule has 5 heteroatoms. The van der Waals surface area contributed by atoms with Crippen LogP contribution in [0.15, 0.2) is 24.3 Å². The first-order chi connectivity index (χ1) is 9.70. The summed E-state index contributed by atoms with van der Waals surface area (Å²) < 4.78 is 0.